The molecular weight excluding hydrogens is 492 g/mol. The molecule has 1 atom stereocenters. The van der Waals surface area contributed by atoms with Crippen LogP contribution in [-0.2, 0) is 22.6 Å². The zero-order valence-electron chi connectivity index (χ0n) is 22.2. The maximum atomic E-state index is 14.1. The van der Waals surface area contributed by atoms with E-state index in [-0.39, 0.29) is 24.5 Å². The van der Waals surface area contributed by atoms with Crippen molar-refractivity contribution in [1.29, 1.82) is 0 Å². The van der Waals surface area contributed by atoms with Gasteiger partial charge in [0.05, 0.1) is 47.0 Å². The van der Waals surface area contributed by atoms with Crippen LogP contribution in [0.4, 0.5) is 5.69 Å². The Morgan fingerprint density at radius 1 is 1.03 bits per heavy atom. The molecule has 11 heteroatoms. The van der Waals surface area contributed by atoms with E-state index in [9.17, 15) is 14.4 Å². The number of amides is 2. The van der Waals surface area contributed by atoms with Crippen LogP contribution < -0.4 is 24.4 Å². The smallest absolute Gasteiger partial charge is 0.359 e. The molecule has 1 unspecified atom stereocenters. The first-order valence-electron chi connectivity index (χ1n) is 11.8. The fourth-order valence-corrected chi connectivity index (χ4v) is 4.56. The summed E-state index contributed by atoms with van der Waals surface area (Å²) in [5.74, 6) is -0.859. The third kappa shape index (κ3) is 4.51. The Labute approximate surface area is 220 Å². The number of nitrogens with zero attached hydrogens (tertiary/aromatic N) is 3. The Morgan fingerprint density at radius 2 is 1.66 bits per heavy atom. The van der Waals surface area contributed by atoms with Crippen LogP contribution in [-0.4, -0.2) is 61.3 Å². The zero-order valence-corrected chi connectivity index (χ0v) is 22.2. The van der Waals surface area contributed by atoms with Crippen molar-refractivity contribution >= 4 is 23.5 Å². The van der Waals surface area contributed by atoms with Gasteiger partial charge in [-0.15, -0.1) is 0 Å². The molecule has 200 valence electrons. The van der Waals surface area contributed by atoms with Crippen LogP contribution in [0.5, 0.6) is 17.2 Å². The summed E-state index contributed by atoms with van der Waals surface area (Å²) in [4.78, 5) is 45.7. The summed E-state index contributed by atoms with van der Waals surface area (Å²) in [6, 6.07) is 10.9. The predicted molar refractivity (Wildman–Crippen MR) is 138 cm³/mol. The molecule has 11 nitrogen and oxygen atoms in total. The minimum atomic E-state index is -1.42. The summed E-state index contributed by atoms with van der Waals surface area (Å²) < 4.78 is 22.7. The number of methoxy groups -OCH3 is 4. The lowest BCUT2D eigenvalue weighted by atomic mass is 9.93. The van der Waals surface area contributed by atoms with Gasteiger partial charge in [-0.3, -0.25) is 14.5 Å². The highest BCUT2D eigenvalue weighted by Crippen LogP contribution is 2.44. The largest absolute Gasteiger partial charge is 0.493 e. The molecule has 0 saturated carbocycles. The molecule has 38 heavy (non-hydrogen) atoms. The van der Waals surface area contributed by atoms with Crippen molar-refractivity contribution in [2.45, 2.75) is 32.5 Å². The van der Waals surface area contributed by atoms with Gasteiger partial charge < -0.3 is 28.8 Å². The number of carbonyl (C=O) groups excluding carboxylic acids is 3. The van der Waals surface area contributed by atoms with E-state index in [1.165, 1.54) is 44.2 Å². The average molecular weight is 523 g/mol. The van der Waals surface area contributed by atoms with Gasteiger partial charge in [0.1, 0.15) is 11.2 Å². The van der Waals surface area contributed by atoms with E-state index in [1.807, 2.05) is 31.2 Å². The standard InChI is InChI=1S/C27H30N4O7/c1-16-7-9-17(10-8-16)13-28-26(34)27(2)14-30-15-29-21(25(33)38-6)22(30)24(32)31(27)18-11-19(35-3)23(37-5)20(12-18)36-4/h7-12,15H,13-14H2,1-6H3,(H,28,34). The lowest BCUT2D eigenvalue weighted by Gasteiger charge is -2.43. The Hall–Kier alpha value is -4.54. The SMILES string of the molecule is COC(=O)c1ncn2c1C(=O)N(c1cc(OC)c(OC)c(OC)c1)C(C)(C(=O)NCc1ccc(C)cc1)C2. The number of ether oxygens (including phenoxy) is 4. The lowest BCUT2D eigenvalue weighted by molar-refractivity contribution is -0.126. The number of rotatable bonds is 8. The van der Waals surface area contributed by atoms with Crippen LogP contribution >= 0.6 is 0 Å². The van der Waals surface area contributed by atoms with Gasteiger partial charge in [-0.05, 0) is 19.4 Å². The van der Waals surface area contributed by atoms with Crippen LogP contribution in [0.3, 0.4) is 0 Å². The van der Waals surface area contributed by atoms with Gasteiger partial charge in [-0.2, -0.15) is 0 Å². The van der Waals surface area contributed by atoms with Crippen LogP contribution in [0.15, 0.2) is 42.7 Å². The minimum Gasteiger partial charge on any atom is -0.493 e. The lowest BCUT2D eigenvalue weighted by Crippen LogP contribution is -2.64. The number of hydrogen-bond donors (Lipinski definition) is 1. The van der Waals surface area contributed by atoms with E-state index >= 15 is 0 Å². The van der Waals surface area contributed by atoms with E-state index in [1.54, 1.807) is 19.1 Å². The minimum absolute atomic E-state index is 0.00871. The topological polar surface area (TPSA) is 121 Å². The summed E-state index contributed by atoms with van der Waals surface area (Å²) in [5, 5.41) is 2.95. The maximum absolute atomic E-state index is 14.1. The van der Waals surface area contributed by atoms with Crippen LogP contribution in [0, 0.1) is 6.92 Å². The summed E-state index contributed by atoms with van der Waals surface area (Å²) in [7, 11) is 5.59. The molecule has 4 rings (SSSR count). The second-order valence-corrected chi connectivity index (χ2v) is 9.03. The number of nitrogens with one attached hydrogen (secondary N) is 1. The highest BCUT2D eigenvalue weighted by atomic mass is 16.5. The quantitative estimate of drug-likeness (QED) is 0.449. The number of imidazole rings is 1. The number of esters is 1. The number of anilines is 1. The van der Waals surface area contributed by atoms with E-state index < -0.39 is 23.3 Å². The van der Waals surface area contributed by atoms with Gasteiger partial charge in [-0.1, -0.05) is 29.8 Å². The molecular formula is C27H30N4O7. The average Bonchev–Trinajstić information content (AvgIpc) is 3.35. The fraction of sp³-hybridized carbons (Fsp3) is 0.333. The zero-order chi connectivity index (χ0) is 27.6. The molecule has 2 heterocycles. The third-order valence-electron chi connectivity index (χ3n) is 6.56. The monoisotopic (exact) mass is 522 g/mol. The molecule has 3 aromatic rings. The Kier molecular flexibility index (Phi) is 7.29. The molecule has 0 aliphatic carbocycles. The molecule has 0 saturated heterocycles. The van der Waals surface area contributed by atoms with Crippen molar-refractivity contribution in [1.82, 2.24) is 14.9 Å². The fourth-order valence-electron chi connectivity index (χ4n) is 4.56. The molecule has 0 bridgehead atoms. The molecule has 1 aliphatic rings. The number of hydrogen-bond acceptors (Lipinski definition) is 8. The maximum Gasteiger partial charge on any atom is 0.359 e. The Morgan fingerprint density at radius 3 is 2.21 bits per heavy atom. The van der Waals surface area contributed by atoms with Crippen molar-refractivity contribution < 1.29 is 33.3 Å². The van der Waals surface area contributed by atoms with Gasteiger partial charge in [-0.25, -0.2) is 9.78 Å². The van der Waals surface area contributed by atoms with E-state index in [4.69, 9.17) is 18.9 Å². The normalized spacial score (nSPS) is 16.5. The summed E-state index contributed by atoms with van der Waals surface area (Å²) in [5.41, 5.74) is 0.762. The van der Waals surface area contributed by atoms with Gasteiger partial charge in [0.25, 0.3) is 5.91 Å². The molecule has 1 aliphatic heterocycles. The van der Waals surface area contributed by atoms with E-state index in [0.717, 1.165) is 11.1 Å². The number of carbonyl (C=O) groups is 3. The second-order valence-electron chi connectivity index (χ2n) is 9.03. The molecule has 2 amide bonds. The summed E-state index contributed by atoms with van der Waals surface area (Å²) >= 11 is 0. The van der Waals surface area contributed by atoms with Crippen LogP contribution in [0.25, 0.3) is 0 Å². The first kappa shape index (κ1) is 26.5. The molecule has 0 radical (unpaired) electrons. The number of benzene rings is 2. The van der Waals surface area contributed by atoms with Crippen molar-refractivity contribution in [2.24, 2.45) is 0 Å². The van der Waals surface area contributed by atoms with Gasteiger partial charge in [0, 0.05) is 18.7 Å². The summed E-state index contributed by atoms with van der Waals surface area (Å²) in [6.45, 7) is 3.92. The number of aromatic nitrogens is 2. The van der Waals surface area contributed by atoms with E-state index in [0.29, 0.717) is 22.9 Å². The molecule has 1 aromatic heterocycles. The van der Waals surface area contributed by atoms with Gasteiger partial charge in [0.2, 0.25) is 11.7 Å². The number of fused-ring (bicyclic) bond motifs is 1. The van der Waals surface area contributed by atoms with Gasteiger partial charge in [0.15, 0.2) is 17.2 Å². The molecule has 2 aromatic carbocycles. The van der Waals surface area contributed by atoms with Crippen molar-refractivity contribution in [3.8, 4) is 17.2 Å². The van der Waals surface area contributed by atoms with Crippen LogP contribution in [0.2, 0.25) is 0 Å². The van der Waals surface area contributed by atoms with Crippen molar-refractivity contribution in [2.75, 3.05) is 33.3 Å². The summed E-state index contributed by atoms with van der Waals surface area (Å²) in [6.07, 6.45) is 1.36. The second kappa shape index (κ2) is 10.4. The Balaban J connectivity index is 1.83. The molecule has 0 spiro atoms. The number of aryl methyl sites for hydroxylation is 1. The predicted octanol–water partition coefficient (Wildman–Crippen LogP) is 2.74. The van der Waals surface area contributed by atoms with E-state index in [2.05, 4.69) is 10.3 Å². The third-order valence-corrected chi connectivity index (χ3v) is 6.56. The molecule has 1 N–H and O–H groups in total. The highest BCUT2D eigenvalue weighted by Gasteiger charge is 2.50. The van der Waals surface area contributed by atoms with Crippen molar-refractivity contribution in [3.05, 3.63) is 65.2 Å². The van der Waals surface area contributed by atoms with Gasteiger partial charge >= 0.3 is 5.97 Å². The first-order chi connectivity index (χ1) is 18.2. The molecule has 0 fully saturated rings. The Bertz CT molecular complexity index is 1360. The van der Waals surface area contributed by atoms with Crippen molar-refractivity contribution in [3.63, 3.8) is 0 Å². The highest BCUT2D eigenvalue weighted by molar-refractivity contribution is 6.15. The first-order valence-corrected chi connectivity index (χ1v) is 11.8. The van der Waals surface area contributed by atoms with Crippen LogP contribution in [0.1, 0.15) is 39.0 Å².